The number of carbonyl (C=O) groups excluding carboxylic acids is 1. The fourth-order valence-electron chi connectivity index (χ4n) is 3.14. The van der Waals surface area contributed by atoms with Gasteiger partial charge in [0, 0.05) is 24.7 Å². The summed E-state index contributed by atoms with van der Waals surface area (Å²) in [4.78, 5) is 14.9. The van der Waals surface area contributed by atoms with Crippen molar-refractivity contribution in [3.05, 3.63) is 34.9 Å². The molecular weight excluding hydrogens is 288 g/mol. The molecule has 1 aromatic rings. The molecule has 0 radical (unpaired) electrons. The topological polar surface area (TPSA) is 41.6 Å². The molecule has 5 heteroatoms. The molecule has 1 aliphatic rings. The van der Waals surface area contributed by atoms with Gasteiger partial charge in [-0.15, -0.1) is 0 Å². The van der Waals surface area contributed by atoms with Crippen molar-refractivity contribution >= 4 is 17.6 Å². The van der Waals surface area contributed by atoms with Crippen molar-refractivity contribution in [1.82, 2.24) is 10.2 Å². The van der Waals surface area contributed by atoms with Gasteiger partial charge in [0.05, 0.1) is 7.11 Å². The SMILES string of the molecule is CCC(C(=O)OC)(c1cccc(Cl)c1)N1CCCNCC1. The second-order valence-electron chi connectivity index (χ2n) is 5.31. The van der Waals surface area contributed by atoms with Gasteiger partial charge in [0.25, 0.3) is 0 Å². The van der Waals surface area contributed by atoms with Crippen LogP contribution in [0.1, 0.15) is 25.3 Å². The number of carbonyl (C=O) groups is 1. The van der Waals surface area contributed by atoms with E-state index in [9.17, 15) is 4.79 Å². The van der Waals surface area contributed by atoms with Crippen LogP contribution >= 0.6 is 11.6 Å². The van der Waals surface area contributed by atoms with E-state index in [1.54, 1.807) is 0 Å². The van der Waals surface area contributed by atoms with Crippen molar-refractivity contribution in [1.29, 1.82) is 0 Å². The first-order chi connectivity index (χ1) is 10.1. The number of esters is 1. The van der Waals surface area contributed by atoms with Crippen molar-refractivity contribution in [2.75, 3.05) is 33.3 Å². The van der Waals surface area contributed by atoms with Gasteiger partial charge in [-0.2, -0.15) is 0 Å². The Hall–Kier alpha value is -1.10. The lowest BCUT2D eigenvalue weighted by atomic mass is 9.85. The van der Waals surface area contributed by atoms with Crippen LogP contribution in [0.15, 0.2) is 24.3 Å². The molecule has 1 fully saturated rings. The Kier molecular flexibility index (Phi) is 5.62. The largest absolute Gasteiger partial charge is 0.467 e. The highest BCUT2D eigenvalue weighted by Gasteiger charge is 2.45. The van der Waals surface area contributed by atoms with Crippen LogP contribution in [0.3, 0.4) is 0 Å². The number of halogens is 1. The van der Waals surface area contributed by atoms with E-state index in [2.05, 4.69) is 10.2 Å². The Labute approximate surface area is 131 Å². The van der Waals surface area contributed by atoms with Gasteiger partial charge in [-0.25, -0.2) is 4.79 Å². The summed E-state index contributed by atoms with van der Waals surface area (Å²) in [7, 11) is 1.45. The maximum atomic E-state index is 12.7. The number of nitrogens with one attached hydrogen (secondary N) is 1. The predicted molar refractivity (Wildman–Crippen MR) is 84.5 cm³/mol. The number of benzene rings is 1. The van der Waals surface area contributed by atoms with Crippen LogP contribution in [0, 0.1) is 0 Å². The summed E-state index contributed by atoms with van der Waals surface area (Å²) >= 11 is 6.14. The first-order valence-electron chi connectivity index (χ1n) is 7.45. The Morgan fingerprint density at radius 1 is 1.43 bits per heavy atom. The van der Waals surface area contributed by atoms with Gasteiger partial charge in [-0.05, 0) is 37.1 Å². The minimum atomic E-state index is -0.758. The van der Waals surface area contributed by atoms with Crippen molar-refractivity contribution < 1.29 is 9.53 Å². The molecule has 0 spiro atoms. The van der Waals surface area contributed by atoms with Gasteiger partial charge in [0.2, 0.25) is 0 Å². The summed E-state index contributed by atoms with van der Waals surface area (Å²) < 4.78 is 5.15. The summed E-state index contributed by atoms with van der Waals surface area (Å²) in [5.41, 5.74) is 0.150. The van der Waals surface area contributed by atoms with Crippen LogP contribution in [0.5, 0.6) is 0 Å². The monoisotopic (exact) mass is 310 g/mol. The Bertz CT molecular complexity index is 487. The fourth-order valence-corrected chi connectivity index (χ4v) is 3.33. The Balaban J connectivity index is 2.48. The third-order valence-electron chi connectivity index (χ3n) is 4.22. The van der Waals surface area contributed by atoms with Gasteiger partial charge in [0.1, 0.15) is 5.54 Å². The number of methoxy groups -OCH3 is 1. The molecule has 0 aliphatic carbocycles. The molecule has 21 heavy (non-hydrogen) atoms. The van der Waals surface area contributed by atoms with Crippen molar-refractivity contribution in [2.24, 2.45) is 0 Å². The molecule has 1 aliphatic heterocycles. The van der Waals surface area contributed by atoms with Crippen LogP contribution in [-0.4, -0.2) is 44.2 Å². The normalized spacial score (nSPS) is 19.6. The second kappa shape index (κ2) is 7.25. The lowest BCUT2D eigenvalue weighted by Crippen LogP contribution is -2.53. The molecule has 0 saturated carbocycles. The molecule has 116 valence electrons. The lowest BCUT2D eigenvalue weighted by Gasteiger charge is -2.41. The van der Waals surface area contributed by atoms with Crippen molar-refractivity contribution in [3.8, 4) is 0 Å². The zero-order valence-electron chi connectivity index (χ0n) is 12.7. The van der Waals surface area contributed by atoms with E-state index in [1.165, 1.54) is 7.11 Å². The number of nitrogens with zero attached hydrogens (tertiary/aromatic N) is 1. The van der Waals surface area contributed by atoms with Crippen LogP contribution < -0.4 is 5.32 Å². The number of hydrogen-bond acceptors (Lipinski definition) is 4. The van der Waals surface area contributed by atoms with Crippen LogP contribution in [0.2, 0.25) is 5.02 Å². The molecule has 0 amide bonds. The van der Waals surface area contributed by atoms with Gasteiger partial charge in [-0.3, -0.25) is 4.90 Å². The molecule has 1 aromatic carbocycles. The number of hydrogen-bond donors (Lipinski definition) is 1. The zero-order valence-corrected chi connectivity index (χ0v) is 13.4. The smallest absolute Gasteiger partial charge is 0.330 e. The molecule has 4 nitrogen and oxygen atoms in total. The highest BCUT2D eigenvalue weighted by atomic mass is 35.5. The van der Waals surface area contributed by atoms with E-state index < -0.39 is 5.54 Å². The molecule has 1 N–H and O–H groups in total. The van der Waals surface area contributed by atoms with E-state index >= 15 is 0 Å². The highest BCUT2D eigenvalue weighted by molar-refractivity contribution is 6.30. The molecule has 0 aromatic heterocycles. The molecule has 1 heterocycles. The zero-order chi connectivity index (χ0) is 15.3. The second-order valence-corrected chi connectivity index (χ2v) is 5.74. The number of ether oxygens (including phenoxy) is 1. The van der Waals surface area contributed by atoms with Crippen molar-refractivity contribution in [3.63, 3.8) is 0 Å². The average molecular weight is 311 g/mol. The quantitative estimate of drug-likeness (QED) is 0.867. The lowest BCUT2D eigenvalue weighted by molar-refractivity contribution is -0.156. The first-order valence-corrected chi connectivity index (χ1v) is 7.83. The van der Waals surface area contributed by atoms with Gasteiger partial charge in [0.15, 0.2) is 0 Å². The minimum absolute atomic E-state index is 0.214. The summed E-state index contributed by atoms with van der Waals surface area (Å²) in [6.07, 6.45) is 1.67. The molecule has 1 unspecified atom stereocenters. The third kappa shape index (κ3) is 3.23. The first kappa shape index (κ1) is 16.3. The van der Waals surface area contributed by atoms with Crippen LogP contribution in [0.4, 0.5) is 0 Å². The van der Waals surface area contributed by atoms with E-state index in [0.29, 0.717) is 11.4 Å². The van der Waals surface area contributed by atoms with Gasteiger partial charge < -0.3 is 10.1 Å². The highest BCUT2D eigenvalue weighted by Crippen LogP contribution is 2.35. The van der Waals surface area contributed by atoms with E-state index in [1.807, 2.05) is 31.2 Å². The standard InChI is InChI=1S/C16H23ClN2O2/c1-3-16(15(20)21-2,13-6-4-7-14(17)12-13)19-10-5-8-18-9-11-19/h4,6-7,12,18H,3,5,8-11H2,1-2H3. The fraction of sp³-hybridized carbons (Fsp3) is 0.562. The Morgan fingerprint density at radius 2 is 2.24 bits per heavy atom. The van der Waals surface area contributed by atoms with Crippen LogP contribution in [-0.2, 0) is 15.1 Å². The maximum Gasteiger partial charge on any atom is 0.330 e. The van der Waals surface area contributed by atoms with E-state index in [0.717, 1.165) is 38.2 Å². The maximum absolute atomic E-state index is 12.7. The Morgan fingerprint density at radius 3 is 2.90 bits per heavy atom. The minimum Gasteiger partial charge on any atom is -0.467 e. The average Bonchev–Trinajstić information content (AvgIpc) is 2.78. The molecule has 2 rings (SSSR count). The van der Waals surface area contributed by atoms with Gasteiger partial charge in [-0.1, -0.05) is 30.7 Å². The van der Waals surface area contributed by atoms with Crippen molar-refractivity contribution in [2.45, 2.75) is 25.3 Å². The summed E-state index contributed by atoms with van der Waals surface area (Å²) in [6.45, 7) is 5.56. The summed E-state index contributed by atoms with van der Waals surface area (Å²) in [5, 5.41) is 4.01. The molecule has 0 bridgehead atoms. The van der Waals surface area contributed by atoms with Gasteiger partial charge >= 0.3 is 5.97 Å². The third-order valence-corrected chi connectivity index (χ3v) is 4.45. The summed E-state index contributed by atoms with van der Waals surface area (Å²) in [5.74, 6) is -0.214. The molecule has 1 atom stereocenters. The van der Waals surface area contributed by atoms with E-state index in [-0.39, 0.29) is 5.97 Å². The molecule has 1 saturated heterocycles. The predicted octanol–water partition coefficient (Wildman–Crippen LogP) is 2.41. The van der Waals surface area contributed by atoms with E-state index in [4.69, 9.17) is 16.3 Å². The van der Waals surface area contributed by atoms with Crippen LogP contribution in [0.25, 0.3) is 0 Å². The number of rotatable bonds is 4. The molecular formula is C16H23ClN2O2. The summed E-state index contributed by atoms with van der Waals surface area (Å²) in [6, 6.07) is 7.55.